The SMILES string of the molecule is COCC1COCCN1C(=O)c1cnn2c1CCCC2. The van der Waals surface area contributed by atoms with E-state index in [2.05, 4.69) is 5.10 Å². The van der Waals surface area contributed by atoms with E-state index in [9.17, 15) is 4.79 Å². The average Bonchev–Trinajstić information content (AvgIpc) is 2.91. The van der Waals surface area contributed by atoms with Crippen LogP contribution in [0.4, 0.5) is 0 Å². The Kier molecular flexibility index (Phi) is 4.03. The number of methoxy groups -OCH3 is 1. The van der Waals surface area contributed by atoms with E-state index in [0.29, 0.717) is 26.4 Å². The van der Waals surface area contributed by atoms with Crippen LogP contribution in [0.15, 0.2) is 6.20 Å². The average molecular weight is 279 g/mol. The van der Waals surface area contributed by atoms with Gasteiger partial charge in [-0.05, 0) is 19.3 Å². The van der Waals surface area contributed by atoms with Crippen molar-refractivity contribution in [2.24, 2.45) is 0 Å². The number of ether oxygens (including phenoxy) is 2. The summed E-state index contributed by atoms with van der Waals surface area (Å²) in [6, 6.07) is 0.000362. The molecule has 1 amide bonds. The second kappa shape index (κ2) is 5.93. The van der Waals surface area contributed by atoms with Crippen LogP contribution < -0.4 is 0 Å². The molecule has 0 radical (unpaired) electrons. The highest BCUT2D eigenvalue weighted by molar-refractivity contribution is 5.95. The Bertz CT molecular complexity index is 484. The fourth-order valence-electron chi connectivity index (χ4n) is 3.01. The van der Waals surface area contributed by atoms with E-state index in [1.807, 2.05) is 9.58 Å². The van der Waals surface area contributed by atoms with Gasteiger partial charge in [0.15, 0.2) is 0 Å². The van der Waals surface area contributed by atoms with Crippen molar-refractivity contribution < 1.29 is 14.3 Å². The van der Waals surface area contributed by atoms with Crippen molar-refractivity contribution in [3.8, 4) is 0 Å². The van der Waals surface area contributed by atoms with Crippen LogP contribution >= 0.6 is 0 Å². The normalized spacial score (nSPS) is 22.6. The number of carbonyl (C=O) groups is 1. The highest BCUT2D eigenvalue weighted by atomic mass is 16.5. The van der Waals surface area contributed by atoms with Gasteiger partial charge in [-0.15, -0.1) is 0 Å². The van der Waals surface area contributed by atoms with Gasteiger partial charge < -0.3 is 14.4 Å². The molecule has 0 aromatic carbocycles. The molecule has 0 N–H and O–H groups in total. The van der Waals surface area contributed by atoms with Crippen molar-refractivity contribution in [2.45, 2.75) is 31.8 Å². The Balaban J connectivity index is 1.82. The summed E-state index contributed by atoms with van der Waals surface area (Å²) >= 11 is 0. The van der Waals surface area contributed by atoms with Crippen LogP contribution in [0.5, 0.6) is 0 Å². The fraction of sp³-hybridized carbons (Fsp3) is 0.714. The van der Waals surface area contributed by atoms with Gasteiger partial charge in [0.25, 0.3) is 5.91 Å². The minimum atomic E-state index is 0.000362. The molecule has 2 aliphatic heterocycles. The zero-order valence-electron chi connectivity index (χ0n) is 11.9. The number of rotatable bonds is 3. The van der Waals surface area contributed by atoms with Crippen LogP contribution in [0.25, 0.3) is 0 Å². The van der Waals surface area contributed by atoms with E-state index in [1.54, 1.807) is 13.3 Å². The maximum Gasteiger partial charge on any atom is 0.257 e. The minimum absolute atomic E-state index is 0.000362. The molecule has 1 aromatic rings. The summed E-state index contributed by atoms with van der Waals surface area (Å²) < 4.78 is 12.6. The monoisotopic (exact) mass is 279 g/mol. The van der Waals surface area contributed by atoms with Crippen molar-refractivity contribution in [2.75, 3.05) is 33.5 Å². The molecule has 1 aromatic heterocycles. The van der Waals surface area contributed by atoms with E-state index in [0.717, 1.165) is 37.1 Å². The number of aromatic nitrogens is 2. The first-order valence-electron chi connectivity index (χ1n) is 7.23. The molecule has 0 spiro atoms. The number of nitrogens with zero attached hydrogens (tertiary/aromatic N) is 3. The van der Waals surface area contributed by atoms with Gasteiger partial charge in [0.2, 0.25) is 0 Å². The Labute approximate surface area is 118 Å². The molecule has 110 valence electrons. The molecule has 3 heterocycles. The number of hydrogen-bond donors (Lipinski definition) is 0. The number of amides is 1. The number of fused-ring (bicyclic) bond motifs is 1. The quantitative estimate of drug-likeness (QED) is 0.817. The highest BCUT2D eigenvalue weighted by Gasteiger charge is 2.31. The number of morpholine rings is 1. The molecule has 3 rings (SSSR count). The molecule has 0 saturated carbocycles. The summed E-state index contributed by atoms with van der Waals surface area (Å²) in [4.78, 5) is 14.7. The summed E-state index contributed by atoms with van der Waals surface area (Å²) in [5.41, 5.74) is 1.84. The first kappa shape index (κ1) is 13.6. The molecule has 0 bridgehead atoms. The van der Waals surface area contributed by atoms with Gasteiger partial charge in [0.05, 0.1) is 43.3 Å². The Morgan fingerprint density at radius 2 is 2.40 bits per heavy atom. The maximum atomic E-state index is 12.8. The van der Waals surface area contributed by atoms with E-state index < -0.39 is 0 Å². The molecular formula is C14H21N3O3. The zero-order chi connectivity index (χ0) is 13.9. The number of hydrogen-bond acceptors (Lipinski definition) is 4. The van der Waals surface area contributed by atoms with Gasteiger partial charge in [-0.3, -0.25) is 9.48 Å². The van der Waals surface area contributed by atoms with Crippen LogP contribution in [0.1, 0.15) is 28.9 Å². The Morgan fingerprint density at radius 3 is 3.25 bits per heavy atom. The van der Waals surface area contributed by atoms with Crippen molar-refractivity contribution >= 4 is 5.91 Å². The first-order chi connectivity index (χ1) is 9.81. The van der Waals surface area contributed by atoms with Gasteiger partial charge >= 0.3 is 0 Å². The topological polar surface area (TPSA) is 56.6 Å². The van der Waals surface area contributed by atoms with Crippen molar-refractivity contribution in [1.82, 2.24) is 14.7 Å². The predicted molar refractivity (Wildman–Crippen MR) is 72.7 cm³/mol. The van der Waals surface area contributed by atoms with Gasteiger partial charge in [-0.25, -0.2) is 0 Å². The summed E-state index contributed by atoms with van der Waals surface area (Å²) in [7, 11) is 1.65. The fourth-order valence-corrected chi connectivity index (χ4v) is 3.01. The lowest BCUT2D eigenvalue weighted by Gasteiger charge is -2.35. The van der Waals surface area contributed by atoms with Gasteiger partial charge in [-0.1, -0.05) is 0 Å². The van der Waals surface area contributed by atoms with Crippen LogP contribution in [0.2, 0.25) is 0 Å². The number of carbonyl (C=O) groups excluding carboxylic acids is 1. The van der Waals surface area contributed by atoms with E-state index in [-0.39, 0.29) is 11.9 Å². The zero-order valence-corrected chi connectivity index (χ0v) is 11.9. The second-order valence-electron chi connectivity index (χ2n) is 5.37. The third kappa shape index (κ3) is 2.45. The standard InChI is InChI=1S/C14H21N3O3/c1-19-9-11-10-20-7-6-16(11)14(18)12-8-15-17-5-3-2-4-13(12)17/h8,11H,2-7,9-10H2,1H3. The van der Waals surface area contributed by atoms with Crippen LogP contribution in [0.3, 0.4) is 0 Å². The van der Waals surface area contributed by atoms with Gasteiger partial charge in [0.1, 0.15) is 0 Å². The van der Waals surface area contributed by atoms with E-state index in [4.69, 9.17) is 9.47 Å². The highest BCUT2D eigenvalue weighted by Crippen LogP contribution is 2.21. The summed E-state index contributed by atoms with van der Waals surface area (Å²) in [6.45, 7) is 3.19. The van der Waals surface area contributed by atoms with Crippen molar-refractivity contribution in [3.63, 3.8) is 0 Å². The molecule has 0 aliphatic carbocycles. The molecule has 1 unspecified atom stereocenters. The summed E-state index contributed by atoms with van der Waals surface area (Å²) in [5.74, 6) is 0.0681. The summed E-state index contributed by atoms with van der Waals surface area (Å²) in [6.07, 6.45) is 4.95. The largest absolute Gasteiger partial charge is 0.382 e. The molecule has 1 saturated heterocycles. The van der Waals surface area contributed by atoms with E-state index in [1.165, 1.54) is 0 Å². The lowest BCUT2D eigenvalue weighted by Crippen LogP contribution is -2.50. The lowest BCUT2D eigenvalue weighted by atomic mass is 10.1. The van der Waals surface area contributed by atoms with Crippen LogP contribution in [-0.4, -0.2) is 60.1 Å². The van der Waals surface area contributed by atoms with Crippen molar-refractivity contribution in [1.29, 1.82) is 0 Å². The van der Waals surface area contributed by atoms with Crippen LogP contribution in [-0.2, 0) is 22.4 Å². The van der Waals surface area contributed by atoms with Crippen molar-refractivity contribution in [3.05, 3.63) is 17.5 Å². The molecule has 2 aliphatic rings. The molecule has 1 fully saturated rings. The minimum Gasteiger partial charge on any atom is -0.382 e. The molecule has 6 heteroatoms. The summed E-state index contributed by atoms with van der Waals surface area (Å²) in [5, 5.41) is 4.35. The Morgan fingerprint density at radius 1 is 1.50 bits per heavy atom. The smallest absolute Gasteiger partial charge is 0.257 e. The second-order valence-corrected chi connectivity index (χ2v) is 5.37. The molecule has 1 atom stereocenters. The predicted octanol–water partition coefficient (Wildman–Crippen LogP) is 0.707. The first-order valence-corrected chi connectivity index (χ1v) is 7.23. The third-order valence-corrected chi connectivity index (χ3v) is 4.06. The lowest BCUT2D eigenvalue weighted by molar-refractivity contribution is -0.0252. The molecule has 6 nitrogen and oxygen atoms in total. The molecular weight excluding hydrogens is 258 g/mol. The van der Waals surface area contributed by atoms with Gasteiger partial charge in [-0.2, -0.15) is 5.10 Å². The van der Waals surface area contributed by atoms with Crippen LogP contribution in [0, 0.1) is 0 Å². The van der Waals surface area contributed by atoms with Gasteiger partial charge in [0, 0.05) is 20.2 Å². The van der Waals surface area contributed by atoms with E-state index >= 15 is 0 Å². The maximum absolute atomic E-state index is 12.8. The Hall–Kier alpha value is -1.40. The molecule has 20 heavy (non-hydrogen) atoms. The number of aryl methyl sites for hydroxylation is 1. The third-order valence-electron chi connectivity index (χ3n) is 4.06.